The summed E-state index contributed by atoms with van der Waals surface area (Å²) in [7, 11) is 0. The van der Waals surface area contributed by atoms with Crippen LogP contribution in [0.1, 0.15) is 74.1 Å². The Balaban J connectivity index is 1.12. The molecule has 0 heterocycles. The summed E-state index contributed by atoms with van der Waals surface area (Å²) in [6.45, 7) is 7.01. The third-order valence-corrected chi connectivity index (χ3v) is 13.3. The molecule has 6 aromatic carbocycles. The van der Waals surface area contributed by atoms with Gasteiger partial charge in [0, 0.05) is 22.4 Å². The minimum Gasteiger partial charge on any atom is -0.310 e. The quantitative estimate of drug-likeness (QED) is 0.172. The van der Waals surface area contributed by atoms with Crippen LogP contribution in [0, 0.1) is 30.6 Å². The molecule has 5 aliphatic carbocycles. The number of anilines is 3. The van der Waals surface area contributed by atoms with Crippen molar-refractivity contribution in [2.24, 2.45) is 23.7 Å². The first kappa shape index (κ1) is 30.9. The maximum atomic E-state index is 2.53. The van der Waals surface area contributed by atoms with E-state index in [1.807, 2.05) is 0 Å². The number of rotatable bonds is 6. The highest BCUT2D eigenvalue weighted by Crippen LogP contribution is 2.60. The maximum Gasteiger partial charge on any atom is 0.0540 e. The lowest BCUT2D eigenvalue weighted by molar-refractivity contribution is -0.00277. The van der Waals surface area contributed by atoms with Crippen LogP contribution in [-0.4, -0.2) is 0 Å². The van der Waals surface area contributed by atoms with Gasteiger partial charge < -0.3 is 4.90 Å². The summed E-state index contributed by atoms with van der Waals surface area (Å²) in [6, 6.07) is 52.8. The number of para-hydroxylation sites is 1. The van der Waals surface area contributed by atoms with Crippen LogP contribution in [0.25, 0.3) is 33.4 Å². The molecule has 0 spiro atoms. The Morgan fingerprint density at radius 1 is 0.490 bits per heavy atom. The Bertz CT molecular complexity index is 2230. The van der Waals surface area contributed by atoms with Gasteiger partial charge in [-0.2, -0.15) is 0 Å². The van der Waals surface area contributed by atoms with Crippen LogP contribution in [0.15, 0.2) is 140 Å². The molecule has 0 radical (unpaired) electrons. The van der Waals surface area contributed by atoms with Crippen LogP contribution < -0.4 is 4.90 Å². The highest BCUT2D eigenvalue weighted by atomic mass is 15.1. The van der Waals surface area contributed by atoms with E-state index >= 15 is 0 Å². The fourth-order valence-corrected chi connectivity index (χ4v) is 11.2. The largest absolute Gasteiger partial charge is 0.310 e. The molecule has 0 atom stereocenters. The lowest BCUT2D eigenvalue weighted by Crippen LogP contribution is -2.43. The molecule has 4 bridgehead atoms. The highest BCUT2D eigenvalue weighted by molar-refractivity contribution is 5.94. The van der Waals surface area contributed by atoms with Crippen LogP contribution in [0.4, 0.5) is 17.1 Å². The molecule has 1 heteroatoms. The lowest BCUT2D eigenvalue weighted by atomic mass is 9.51. The second-order valence-corrected chi connectivity index (χ2v) is 16.7. The van der Waals surface area contributed by atoms with Crippen LogP contribution in [0.3, 0.4) is 0 Å². The van der Waals surface area contributed by atoms with E-state index in [2.05, 4.69) is 165 Å². The summed E-state index contributed by atoms with van der Waals surface area (Å²) < 4.78 is 0. The fourth-order valence-electron chi connectivity index (χ4n) is 11.2. The number of fused-ring (bicyclic) bond motifs is 3. The van der Waals surface area contributed by atoms with Gasteiger partial charge in [0.2, 0.25) is 0 Å². The molecule has 6 aromatic rings. The highest BCUT2D eigenvalue weighted by Gasteiger charge is 2.48. The zero-order valence-electron chi connectivity index (χ0n) is 30.1. The third-order valence-electron chi connectivity index (χ3n) is 13.3. The van der Waals surface area contributed by atoms with Gasteiger partial charge in [0.1, 0.15) is 0 Å². The molecule has 0 aliphatic heterocycles. The fraction of sp³-hybridized carbons (Fsp3) is 0.280. The summed E-state index contributed by atoms with van der Waals surface area (Å²) in [4.78, 5) is 2.53. The van der Waals surface area contributed by atoms with E-state index in [4.69, 9.17) is 0 Å². The van der Waals surface area contributed by atoms with E-state index in [1.54, 1.807) is 5.56 Å². The van der Waals surface area contributed by atoms with E-state index in [9.17, 15) is 0 Å². The summed E-state index contributed by atoms with van der Waals surface area (Å²) in [6.07, 6.45) is 7.31. The number of hydrogen-bond donors (Lipinski definition) is 0. The van der Waals surface area contributed by atoms with Gasteiger partial charge in [0.05, 0.1) is 5.69 Å². The molecule has 51 heavy (non-hydrogen) atoms. The van der Waals surface area contributed by atoms with E-state index < -0.39 is 0 Å². The van der Waals surface area contributed by atoms with Crippen molar-refractivity contribution in [3.8, 4) is 33.4 Å². The Hall–Kier alpha value is -4.88. The molecule has 1 nitrogen and oxygen atoms in total. The normalized spacial score (nSPS) is 23.5. The number of hydrogen-bond acceptors (Lipinski definition) is 1. The standard InChI is InChI=1S/C50H47N/c1-32-17-23-43-44-24-22-40(31-47(44)50(2,3)46(43)25-32)51(39-20-18-36(19-21-39)49-37-27-33-26-34(29-37)30-38(49)28-33)48-16-10-9-15-45(48)42-14-8-7-13-41(42)35-11-5-4-6-12-35/h4-25,31,33-34,37-38,49H,26-30H2,1-3H3. The van der Waals surface area contributed by atoms with Gasteiger partial charge in [-0.3, -0.25) is 0 Å². The topological polar surface area (TPSA) is 3.24 Å². The maximum absolute atomic E-state index is 2.53. The minimum atomic E-state index is -0.0822. The van der Waals surface area contributed by atoms with Crippen LogP contribution in [0.5, 0.6) is 0 Å². The van der Waals surface area contributed by atoms with Gasteiger partial charge in [-0.15, -0.1) is 0 Å². The Morgan fingerprint density at radius 2 is 1.06 bits per heavy atom. The molecular weight excluding hydrogens is 615 g/mol. The summed E-state index contributed by atoms with van der Waals surface area (Å²) in [5, 5.41) is 0. The molecule has 0 N–H and O–H groups in total. The summed E-state index contributed by atoms with van der Waals surface area (Å²) in [5.41, 5.74) is 17.0. The van der Waals surface area contributed by atoms with E-state index in [-0.39, 0.29) is 5.41 Å². The van der Waals surface area contributed by atoms with Crippen LogP contribution in [-0.2, 0) is 5.41 Å². The predicted molar refractivity (Wildman–Crippen MR) is 214 cm³/mol. The lowest BCUT2D eigenvalue weighted by Gasteiger charge is -2.54. The number of nitrogens with zero attached hydrogens (tertiary/aromatic N) is 1. The molecular formula is C50H47N. The van der Waals surface area contributed by atoms with E-state index in [1.165, 1.54) is 99.2 Å². The first-order chi connectivity index (χ1) is 24.9. The molecule has 4 fully saturated rings. The SMILES string of the molecule is Cc1ccc2c(c1)C(C)(C)c1cc(N(c3ccc(C4C5CC6CC(C5)CC4C6)cc3)c3ccccc3-c3ccccc3-c3ccccc3)ccc1-2. The Labute approximate surface area is 304 Å². The molecule has 0 amide bonds. The molecule has 0 unspecified atom stereocenters. The smallest absolute Gasteiger partial charge is 0.0540 e. The van der Waals surface area contributed by atoms with E-state index in [0.717, 1.165) is 29.6 Å². The van der Waals surface area contributed by atoms with Crippen molar-refractivity contribution >= 4 is 17.1 Å². The predicted octanol–water partition coefficient (Wildman–Crippen LogP) is 13.6. The van der Waals surface area contributed by atoms with E-state index in [0.29, 0.717) is 0 Å². The molecule has 5 aliphatic rings. The van der Waals surface area contributed by atoms with Crippen molar-refractivity contribution in [2.45, 2.75) is 64.2 Å². The van der Waals surface area contributed by atoms with Crippen LogP contribution >= 0.6 is 0 Å². The first-order valence-corrected chi connectivity index (χ1v) is 19.3. The zero-order valence-corrected chi connectivity index (χ0v) is 30.1. The second-order valence-electron chi connectivity index (χ2n) is 16.7. The van der Waals surface area contributed by atoms with Gasteiger partial charge in [-0.25, -0.2) is 0 Å². The number of benzene rings is 6. The number of aryl methyl sites for hydroxylation is 1. The average molecular weight is 662 g/mol. The summed E-state index contributed by atoms with van der Waals surface area (Å²) in [5.74, 6) is 4.47. The third kappa shape index (κ3) is 5.03. The molecule has 4 saturated carbocycles. The molecule has 11 rings (SSSR count). The van der Waals surface area contributed by atoms with Gasteiger partial charge >= 0.3 is 0 Å². The zero-order chi connectivity index (χ0) is 34.3. The minimum absolute atomic E-state index is 0.0822. The average Bonchev–Trinajstić information content (AvgIpc) is 3.37. The molecule has 252 valence electrons. The van der Waals surface area contributed by atoms with Gasteiger partial charge in [-0.1, -0.05) is 129 Å². The first-order valence-electron chi connectivity index (χ1n) is 19.3. The molecule has 0 aromatic heterocycles. The van der Waals surface area contributed by atoms with Gasteiger partial charge in [-0.05, 0) is 143 Å². The van der Waals surface area contributed by atoms with Crippen LogP contribution in [0.2, 0.25) is 0 Å². The van der Waals surface area contributed by atoms with Crippen molar-refractivity contribution in [1.29, 1.82) is 0 Å². The Kier molecular flexibility index (Phi) is 7.18. The monoisotopic (exact) mass is 661 g/mol. The van der Waals surface area contributed by atoms with Crippen molar-refractivity contribution in [3.05, 3.63) is 162 Å². The second kappa shape index (κ2) is 11.8. The van der Waals surface area contributed by atoms with Crippen molar-refractivity contribution in [2.75, 3.05) is 4.90 Å². The van der Waals surface area contributed by atoms with Crippen molar-refractivity contribution < 1.29 is 0 Å². The van der Waals surface area contributed by atoms with Crippen molar-refractivity contribution in [3.63, 3.8) is 0 Å². The summed E-state index contributed by atoms with van der Waals surface area (Å²) >= 11 is 0. The van der Waals surface area contributed by atoms with Crippen molar-refractivity contribution in [1.82, 2.24) is 0 Å². The van der Waals surface area contributed by atoms with Gasteiger partial charge in [0.15, 0.2) is 0 Å². The Morgan fingerprint density at radius 3 is 1.76 bits per heavy atom. The molecule has 0 saturated heterocycles. The van der Waals surface area contributed by atoms with Gasteiger partial charge in [0.25, 0.3) is 0 Å².